The molecule has 0 saturated carbocycles. The molecule has 25 heavy (non-hydrogen) atoms. The summed E-state index contributed by atoms with van der Waals surface area (Å²) in [5.74, 6) is 1.91. The van der Waals surface area contributed by atoms with Crippen molar-refractivity contribution in [1.82, 2.24) is 0 Å². The quantitative estimate of drug-likeness (QED) is 0.380. The molecule has 0 aromatic heterocycles. The van der Waals surface area contributed by atoms with Gasteiger partial charge in [0, 0.05) is 5.56 Å². The minimum atomic E-state index is 0.924. The van der Waals surface area contributed by atoms with Gasteiger partial charge >= 0.3 is 0 Å². The average molecular weight is 337 g/mol. The van der Waals surface area contributed by atoms with Crippen molar-refractivity contribution >= 4 is 6.08 Å². The van der Waals surface area contributed by atoms with Gasteiger partial charge in [-0.2, -0.15) is 0 Å². The highest BCUT2D eigenvalue weighted by atomic mass is 16.5. The van der Waals surface area contributed by atoms with Crippen LogP contribution in [0, 0.1) is 0 Å². The summed E-state index contributed by atoms with van der Waals surface area (Å²) in [5.41, 5.74) is 2.43. The van der Waals surface area contributed by atoms with E-state index in [2.05, 4.69) is 43.3 Å². The highest BCUT2D eigenvalue weighted by Gasteiger charge is 2.06. The van der Waals surface area contributed by atoms with Gasteiger partial charge in [-0.3, -0.25) is 0 Å². The molecule has 2 aromatic rings. The summed E-state index contributed by atoms with van der Waals surface area (Å²) < 4.78 is 6.25. The number of rotatable bonds is 11. The zero-order chi connectivity index (χ0) is 17.7. The number of allylic oxidation sites excluding steroid dienone is 1. The molecule has 0 aliphatic carbocycles. The average Bonchev–Trinajstić information content (AvgIpc) is 2.64. The van der Waals surface area contributed by atoms with Gasteiger partial charge in [0.1, 0.15) is 11.5 Å². The number of ether oxygens (including phenoxy) is 1. The van der Waals surface area contributed by atoms with E-state index in [1.807, 2.05) is 31.2 Å². The fourth-order valence-corrected chi connectivity index (χ4v) is 3.09. The van der Waals surface area contributed by atoms with E-state index in [9.17, 15) is 0 Å². The molecule has 0 aliphatic rings. The Morgan fingerprint density at radius 2 is 1.40 bits per heavy atom. The first-order chi connectivity index (χ1) is 12.3. The minimum Gasteiger partial charge on any atom is -0.456 e. The highest BCUT2D eigenvalue weighted by Crippen LogP contribution is 2.29. The normalized spacial score (nSPS) is 11.1. The third kappa shape index (κ3) is 6.78. The maximum absolute atomic E-state index is 6.25. The van der Waals surface area contributed by atoms with Gasteiger partial charge in [-0.25, -0.2) is 0 Å². The standard InChI is InChI=1S/C24H32O/c1-3-5-6-7-8-9-10-16-22-18-12-14-20-24(22)25-23-19-13-11-17-21(23)15-4-2/h4,11-15,17-20H,3,5-10,16H2,1-2H3. The van der Waals surface area contributed by atoms with Crippen molar-refractivity contribution in [2.45, 2.75) is 65.2 Å². The highest BCUT2D eigenvalue weighted by molar-refractivity contribution is 5.58. The van der Waals surface area contributed by atoms with Crippen molar-refractivity contribution < 1.29 is 4.74 Å². The monoisotopic (exact) mass is 336 g/mol. The van der Waals surface area contributed by atoms with Crippen LogP contribution in [0.25, 0.3) is 6.08 Å². The lowest BCUT2D eigenvalue weighted by molar-refractivity contribution is 0.473. The van der Waals surface area contributed by atoms with Gasteiger partial charge in [0.25, 0.3) is 0 Å². The molecule has 0 unspecified atom stereocenters. The molecule has 0 spiro atoms. The van der Waals surface area contributed by atoms with Gasteiger partial charge in [-0.1, -0.05) is 94.0 Å². The van der Waals surface area contributed by atoms with Crippen molar-refractivity contribution in [3.05, 3.63) is 65.7 Å². The molecule has 0 atom stereocenters. The topological polar surface area (TPSA) is 9.23 Å². The zero-order valence-electron chi connectivity index (χ0n) is 15.8. The van der Waals surface area contributed by atoms with Gasteiger partial charge in [-0.05, 0) is 37.5 Å². The van der Waals surface area contributed by atoms with E-state index in [1.54, 1.807) is 0 Å². The summed E-state index contributed by atoms with van der Waals surface area (Å²) in [4.78, 5) is 0. The van der Waals surface area contributed by atoms with E-state index in [-0.39, 0.29) is 0 Å². The number of benzene rings is 2. The molecule has 0 saturated heterocycles. The molecule has 0 heterocycles. The zero-order valence-corrected chi connectivity index (χ0v) is 15.8. The summed E-state index contributed by atoms with van der Waals surface area (Å²) in [6, 6.07) is 16.7. The smallest absolute Gasteiger partial charge is 0.134 e. The van der Waals surface area contributed by atoms with Crippen LogP contribution in [0.1, 0.15) is 69.9 Å². The number of unbranched alkanes of at least 4 members (excludes halogenated alkanes) is 6. The van der Waals surface area contributed by atoms with Gasteiger partial charge in [0.2, 0.25) is 0 Å². The molecule has 2 aromatic carbocycles. The maximum atomic E-state index is 6.25. The van der Waals surface area contributed by atoms with E-state index >= 15 is 0 Å². The second kappa shape index (κ2) is 11.5. The van der Waals surface area contributed by atoms with Crippen molar-refractivity contribution in [3.8, 4) is 11.5 Å². The molecule has 0 fully saturated rings. The first kappa shape index (κ1) is 19.3. The van der Waals surface area contributed by atoms with Crippen LogP contribution in [0.5, 0.6) is 11.5 Å². The Labute approximate surface area is 153 Å². The number of aryl methyl sites for hydroxylation is 1. The molecule has 1 nitrogen and oxygen atoms in total. The van der Waals surface area contributed by atoms with Gasteiger partial charge in [0.05, 0.1) is 0 Å². The molecular formula is C24H32O. The van der Waals surface area contributed by atoms with Crippen LogP contribution in [0.4, 0.5) is 0 Å². The van der Waals surface area contributed by atoms with Crippen molar-refractivity contribution in [2.24, 2.45) is 0 Å². The summed E-state index contributed by atoms with van der Waals surface area (Å²) >= 11 is 0. The van der Waals surface area contributed by atoms with Crippen molar-refractivity contribution in [1.29, 1.82) is 0 Å². The third-order valence-corrected chi connectivity index (χ3v) is 4.51. The number of para-hydroxylation sites is 2. The van der Waals surface area contributed by atoms with Crippen LogP contribution in [0.15, 0.2) is 54.6 Å². The van der Waals surface area contributed by atoms with Gasteiger partial charge in [-0.15, -0.1) is 0 Å². The maximum Gasteiger partial charge on any atom is 0.134 e. The Morgan fingerprint density at radius 1 is 0.760 bits per heavy atom. The molecule has 2 rings (SSSR count). The van der Waals surface area contributed by atoms with Crippen LogP contribution in [0.2, 0.25) is 0 Å². The second-order valence-corrected chi connectivity index (χ2v) is 6.62. The lowest BCUT2D eigenvalue weighted by atomic mass is 10.0. The molecule has 0 radical (unpaired) electrons. The summed E-state index contributed by atoms with van der Waals surface area (Å²) in [6.45, 7) is 4.30. The lowest BCUT2D eigenvalue weighted by Crippen LogP contribution is -1.94. The molecule has 0 aliphatic heterocycles. The first-order valence-corrected chi connectivity index (χ1v) is 9.82. The van der Waals surface area contributed by atoms with Crippen LogP contribution >= 0.6 is 0 Å². The molecule has 0 bridgehead atoms. The Balaban J connectivity index is 1.92. The van der Waals surface area contributed by atoms with E-state index in [4.69, 9.17) is 4.74 Å². The van der Waals surface area contributed by atoms with E-state index in [0.717, 1.165) is 23.5 Å². The second-order valence-electron chi connectivity index (χ2n) is 6.62. The summed E-state index contributed by atoms with van der Waals surface area (Å²) in [5, 5.41) is 0. The molecule has 134 valence electrons. The van der Waals surface area contributed by atoms with Crippen LogP contribution < -0.4 is 4.74 Å². The van der Waals surface area contributed by atoms with Crippen LogP contribution in [0.3, 0.4) is 0 Å². The Bertz CT molecular complexity index is 642. The molecular weight excluding hydrogens is 304 g/mol. The predicted molar refractivity (Wildman–Crippen MR) is 109 cm³/mol. The fraction of sp³-hybridized carbons (Fsp3) is 0.417. The molecule has 0 amide bonds. The number of hydrogen-bond acceptors (Lipinski definition) is 1. The predicted octanol–water partition coefficient (Wildman–Crippen LogP) is 7.81. The molecule has 0 N–H and O–H groups in total. The van der Waals surface area contributed by atoms with Gasteiger partial charge in [0.15, 0.2) is 0 Å². The van der Waals surface area contributed by atoms with Gasteiger partial charge < -0.3 is 4.74 Å². The third-order valence-electron chi connectivity index (χ3n) is 4.51. The lowest BCUT2D eigenvalue weighted by Gasteiger charge is -2.13. The van der Waals surface area contributed by atoms with E-state index in [0.29, 0.717) is 0 Å². The Morgan fingerprint density at radius 3 is 2.16 bits per heavy atom. The Hall–Kier alpha value is -2.02. The fourth-order valence-electron chi connectivity index (χ4n) is 3.09. The largest absolute Gasteiger partial charge is 0.456 e. The SMILES string of the molecule is CC=Cc1ccccc1Oc1ccccc1CCCCCCCCC. The Kier molecular flexibility index (Phi) is 8.90. The van der Waals surface area contributed by atoms with Crippen molar-refractivity contribution in [2.75, 3.05) is 0 Å². The van der Waals surface area contributed by atoms with Crippen LogP contribution in [-0.4, -0.2) is 0 Å². The molecule has 1 heteroatoms. The number of hydrogen-bond donors (Lipinski definition) is 0. The van der Waals surface area contributed by atoms with Crippen molar-refractivity contribution in [3.63, 3.8) is 0 Å². The summed E-state index contributed by atoms with van der Waals surface area (Å²) in [6.07, 6.45) is 14.6. The van der Waals surface area contributed by atoms with E-state index in [1.165, 1.54) is 50.5 Å². The van der Waals surface area contributed by atoms with Crippen LogP contribution in [-0.2, 0) is 6.42 Å². The van der Waals surface area contributed by atoms with E-state index < -0.39 is 0 Å². The minimum absolute atomic E-state index is 0.924. The summed E-state index contributed by atoms with van der Waals surface area (Å²) in [7, 11) is 0. The first-order valence-electron chi connectivity index (χ1n) is 9.82.